The second-order valence-electron chi connectivity index (χ2n) is 4.43. The summed E-state index contributed by atoms with van der Waals surface area (Å²) < 4.78 is 0. The number of nitrogens with one attached hydrogen (secondary N) is 1. The minimum absolute atomic E-state index is 0.329. The minimum Gasteiger partial charge on any atom is -0.480 e. The molecule has 1 rings (SSSR count). The van der Waals surface area contributed by atoms with Gasteiger partial charge < -0.3 is 10.4 Å². The van der Waals surface area contributed by atoms with Crippen LogP contribution >= 0.6 is 11.3 Å². The van der Waals surface area contributed by atoms with Crippen molar-refractivity contribution in [1.82, 2.24) is 5.32 Å². The number of carbonyl (C=O) groups excluding carboxylic acids is 1. The molecule has 0 radical (unpaired) electrons. The molecule has 4 nitrogen and oxygen atoms in total. The molecule has 5 heteroatoms. The molecule has 0 atom stereocenters. The van der Waals surface area contributed by atoms with Gasteiger partial charge in [-0.1, -0.05) is 6.92 Å². The number of aryl methyl sites for hydroxylation is 2. The van der Waals surface area contributed by atoms with Crippen molar-refractivity contribution in [3.8, 4) is 0 Å². The van der Waals surface area contributed by atoms with Gasteiger partial charge >= 0.3 is 5.97 Å². The van der Waals surface area contributed by atoms with E-state index in [-0.39, 0.29) is 5.91 Å². The monoisotopic (exact) mass is 255 g/mol. The molecular formula is C12H17NO3S. The predicted molar refractivity (Wildman–Crippen MR) is 67.6 cm³/mol. The van der Waals surface area contributed by atoms with Crippen LogP contribution in [0.1, 0.15) is 40.9 Å². The molecule has 1 amide bonds. The molecule has 94 valence electrons. The zero-order valence-corrected chi connectivity index (χ0v) is 11.3. The summed E-state index contributed by atoms with van der Waals surface area (Å²) in [6, 6.07) is 1.83. The number of hydrogen-bond donors (Lipinski definition) is 2. The lowest BCUT2D eigenvalue weighted by atomic mass is 10.1. The number of rotatable bonds is 4. The number of thiophene rings is 1. The van der Waals surface area contributed by atoms with Crippen LogP contribution < -0.4 is 5.32 Å². The fraction of sp³-hybridized carbons (Fsp3) is 0.500. The van der Waals surface area contributed by atoms with Crippen molar-refractivity contribution in [1.29, 1.82) is 0 Å². The van der Waals surface area contributed by atoms with Crippen LogP contribution in [0.5, 0.6) is 0 Å². The summed E-state index contributed by atoms with van der Waals surface area (Å²) >= 11 is 1.39. The van der Waals surface area contributed by atoms with E-state index in [4.69, 9.17) is 5.11 Å². The fourth-order valence-electron chi connectivity index (χ4n) is 1.38. The van der Waals surface area contributed by atoms with Gasteiger partial charge in [0.25, 0.3) is 5.91 Å². The Kier molecular flexibility index (Phi) is 3.93. The van der Waals surface area contributed by atoms with E-state index in [9.17, 15) is 9.59 Å². The molecule has 0 aliphatic heterocycles. The third kappa shape index (κ3) is 3.06. The molecule has 0 unspecified atom stereocenters. The second-order valence-corrected chi connectivity index (χ2v) is 5.69. The van der Waals surface area contributed by atoms with Crippen LogP contribution in [0.25, 0.3) is 0 Å². The Morgan fingerprint density at radius 1 is 1.47 bits per heavy atom. The first-order valence-electron chi connectivity index (χ1n) is 5.43. The minimum atomic E-state index is -1.25. The van der Waals surface area contributed by atoms with Crippen molar-refractivity contribution in [2.24, 2.45) is 0 Å². The molecule has 2 N–H and O–H groups in total. The molecule has 1 aromatic rings. The average molecular weight is 255 g/mol. The number of carbonyl (C=O) groups is 2. The van der Waals surface area contributed by atoms with Gasteiger partial charge in [0, 0.05) is 4.88 Å². The Balaban J connectivity index is 2.87. The van der Waals surface area contributed by atoms with Crippen molar-refractivity contribution in [2.45, 2.75) is 39.7 Å². The van der Waals surface area contributed by atoms with Crippen LogP contribution in [-0.4, -0.2) is 22.5 Å². The number of aliphatic carboxylic acids is 1. The molecule has 17 heavy (non-hydrogen) atoms. The lowest BCUT2D eigenvalue weighted by molar-refractivity contribution is -0.143. The van der Waals surface area contributed by atoms with Crippen molar-refractivity contribution in [3.63, 3.8) is 0 Å². The number of hydrogen-bond acceptors (Lipinski definition) is 3. The van der Waals surface area contributed by atoms with Gasteiger partial charge in [0.1, 0.15) is 5.54 Å². The van der Waals surface area contributed by atoms with Crippen LogP contribution in [-0.2, 0) is 11.2 Å². The van der Waals surface area contributed by atoms with Crippen molar-refractivity contribution in [3.05, 3.63) is 21.4 Å². The standard InChI is InChI=1S/C12H17NO3S/c1-5-8-6-9(17-7(8)2)10(14)13-12(3,4)11(15)16/h6H,5H2,1-4H3,(H,13,14)(H,15,16). The summed E-state index contributed by atoms with van der Waals surface area (Å²) in [4.78, 5) is 24.5. The maximum Gasteiger partial charge on any atom is 0.328 e. The van der Waals surface area contributed by atoms with Gasteiger partial charge in [-0.2, -0.15) is 0 Å². The third-order valence-corrected chi connectivity index (χ3v) is 3.68. The molecule has 0 spiro atoms. The van der Waals surface area contributed by atoms with E-state index in [0.29, 0.717) is 4.88 Å². The van der Waals surface area contributed by atoms with E-state index in [1.165, 1.54) is 25.2 Å². The summed E-state index contributed by atoms with van der Waals surface area (Å²) in [5.41, 5.74) is -0.116. The van der Waals surface area contributed by atoms with E-state index in [1.54, 1.807) is 0 Å². The Bertz CT molecular complexity index is 449. The lowest BCUT2D eigenvalue weighted by Gasteiger charge is -2.20. The first-order chi connectivity index (χ1) is 7.77. The largest absolute Gasteiger partial charge is 0.480 e. The van der Waals surface area contributed by atoms with E-state index in [1.807, 2.05) is 19.9 Å². The molecular weight excluding hydrogens is 238 g/mol. The van der Waals surface area contributed by atoms with Gasteiger partial charge in [-0.25, -0.2) is 4.79 Å². The fourth-order valence-corrected chi connectivity index (χ4v) is 2.39. The Morgan fingerprint density at radius 3 is 2.47 bits per heavy atom. The molecule has 0 bridgehead atoms. The van der Waals surface area contributed by atoms with E-state index >= 15 is 0 Å². The van der Waals surface area contributed by atoms with Crippen molar-refractivity contribution >= 4 is 23.2 Å². The Hall–Kier alpha value is -1.36. The zero-order chi connectivity index (χ0) is 13.2. The maximum absolute atomic E-state index is 11.9. The summed E-state index contributed by atoms with van der Waals surface area (Å²) in [7, 11) is 0. The molecule has 0 aliphatic rings. The molecule has 0 fully saturated rings. The lowest BCUT2D eigenvalue weighted by Crippen LogP contribution is -2.49. The van der Waals surface area contributed by atoms with Crippen LogP contribution in [0.2, 0.25) is 0 Å². The van der Waals surface area contributed by atoms with Gasteiger partial charge in [-0.15, -0.1) is 11.3 Å². The van der Waals surface area contributed by atoms with Gasteiger partial charge in [-0.05, 0) is 38.8 Å². The summed E-state index contributed by atoms with van der Waals surface area (Å²) in [6.45, 7) is 6.92. The quantitative estimate of drug-likeness (QED) is 0.867. The number of carboxylic acid groups (broad SMARTS) is 1. The SMILES string of the molecule is CCc1cc(C(=O)NC(C)(C)C(=O)O)sc1C. The van der Waals surface area contributed by atoms with Gasteiger partial charge in [0.2, 0.25) is 0 Å². The second kappa shape index (κ2) is 4.87. The maximum atomic E-state index is 11.9. The summed E-state index contributed by atoms with van der Waals surface area (Å²) in [6.07, 6.45) is 0.873. The molecule has 1 aromatic heterocycles. The first kappa shape index (κ1) is 13.7. The normalized spacial score (nSPS) is 11.3. The molecule has 1 heterocycles. The first-order valence-corrected chi connectivity index (χ1v) is 6.24. The highest BCUT2D eigenvalue weighted by Crippen LogP contribution is 2.22. The van der Waals surface area contributed by atoms with E-state index in [0.717, 1.165) is 16.9 Å². The van der Waals surface area contributed by atoms with Crippen LogP contribution in [0.15, 0.2) is 6.07 Å². The topological polar surface area (TPSA) is 66.4 Å². The molecule has 0 aromatic carbocycles. The molecule has 0 aliphatic carbocycles. The average Bonchev–Trinajstić information content (AvgIpc) is 2.58. The predicted octanol–water partition coefficient (Wildman–Crippen LogP) is 2.21. The smallest absolute Gasteiger partial charge is 0.328 e. The van der Waals surface area contributed by atoms with Crippen molar-refractivity contribution < 1.29 is 14.7 Å². The van der Waals surface area contributed by atoms with E-state index in [2.05, 4.69) is 5.32 Å². The van der Waals surface area contributed by atoms with E-state index < -0.39 is 11.5 Å². The zero-order valence-electron chi connectivity index (χ0n) is 10.5. The summed E-state index contributed by atoms with van der Waals surface area (Å²) in [5.74, 6) is -1.37. The van der Waals surface area contributed by atoms with Crippen molar-refractivity contribution in [2.75, 3.05) is 0 Å². The Labute approximate surface area is 105 Å². The third-order valence-electron chi connectivity index (χ3n) is 2.59. The molecule has 0 saturated heterocycles. The highest BCUT2D eigenvalue weighted by molar-refractivity contribution is 7.14. The Morgan fingerprint density at radius 2 is 2.06 bits per heavy atom. The summed E-state index contributed by atoms with van der Waals surface area (Å²) in [5, 5.41) is 11.4. The van der Waals surface area contributed by atoms with Gasteiger partial charge in [-0.3, -0.25) is 4.79 Å². The van der Waals surface area contributed by atoms with Gasteiger partial charge in [0.05, 0.1) is 4.88 Å². The molecule has 0 saturated carbocycles. The highest BCUT2D eigenvalue weighted by Gasteiger charge is 2.29. The number of amides is 1. The van der Waals surface area contributed by atoms with Gasteiger partial charge in [0.15, 0.2) is 0 Å². The van der Waals surface area contributed by atoms with Crippen LogP contribution in [0.4, 0.5) is 0 Å². The highest BCUT2D eigenvalue weighted by atomic mass is 32.1. The van der Waals surface area contributed by atoms with Crippen LogP contribution in [0.3, 0.4) is 0 Å². The van der Waals surface area contributed by atoms with Crippen LogP contribution in [0, 0.1) is 6.92 Å². The number of carboxylic acids is 1.